The lowest BCUT2D eigenvalue weighted by molar-refractivity contribution is -0.232. The van der Waals surface area contributed by atoms with E-state index in [9.17, 15) is 20.4 Å². The van der Waals surface area contributed by atoms with Gasteiger partial charge in [-0.25, -0.2) is 0 Å². The molecule has 29 heavy (non-hydrogen) atoms. The number of aryl methyl sites for hydroxylation is 1. The van der Waals surface area contributed by atoms with Crippen LogP contribution in [0, 0.1) is 6.92 Å². The molecular weight excluding hydrogens is 376 g/mol. The first-order valence-electron chi connectivity index (χ1n) is 9.50. The van der Waals surface area contributed by atoms with Gasteiger partial charge in [0.1, 0.15) is 42.0 Å². The van der Waals surface area contributed by atoms with E-state index >= 15 is 0 Å². The second-order valence-corrected chi connectivity index (χ2v) is 7.32. The predicted octanol–water partition coefficient (Wildman–Crippen LogP) is 1.12. The molecule has 0 radical (unpaired) electrons. The summed E-state index contributed by atoms with van der Waals surface area (Å²) in [5, 5.41) is 40.3. The molecule has 2 aromatic carbocycles. The molecule has 0 saturated carbocycles. The van der Waals surface area contributed by atoms with Crippen LogP contribution >= 0.6 is 0 Å². The first-order valence-corrected chi connectivity index (χ1v) is 9.50. The number of hydrogen-bond donors (Lipinski definition) is 4. The van der Waals surface area contributed by atoms with E-state index < -0.39 is 37.1 Å². The second-order valence-electron chi connectivity index (χ2n) is 7.32. The standard InChI is InChI=1S/C22H28O7/c1-12-5-4-6-13(7-12)8-14-9-15(17(28-3)10-16(14)27-2)22-21(26)20(25)19(24)18(11-23)29-22/h4-7,9-10,18-26H,8,11H2,1-3H3. The van der Waals surface area contributed by atoms with Crippen LogP contribution in [0.1, 0.15) is 28.4 Å². The van der Waals surface area contributed by atoms with Crippen molar-refractivity contribution < 1.29 is 34.6 Å². The Morgan fingerprint density at radius 2 is 1.66 bits per heavy atom. The van der Waals surface area contributed by atoms with Crippen molar-refractivity contribution in [2.75, 3.05) is 20.8 Å². The maximum Gasteiger partial charge on any atom is 0.128 e. The Kier molecular flexibility index (Phi) is 6.77. The Balaban J connectivity index is 2.03. The van der Waals surface area contributed by atoms with E-state index in [4.69, 9.17) is 14.2 Å². The second kappa shape index (κ2) is 9.11. The Morgan fingerprint density at radius 1 is 0.931 bits per heavy atom. The van der Waals surface area contributed by atoms with Crippen molar-refractivity contribution >= 4 is 0 Å². The molecule has 1 saturated heterocycles. The van der Waals surface area contributed by atoms with Crippen molar-refractivity contribution in [3.05, 3.63) is 58.7 Å². The molecule has 5 atom stereocenters. The van der Waals surface area contributed by atoms with Crippen LogP contribution in [0.15, 0.2) is 36.4 Å². The number of rotatable bonds is 6. The Hall–Kier alpha value is -2.16. The van der Waals surface area contributed by atoms with E-state index in [2.05, 4.69) is 6.07 Å². The molecule has 7 heteroatoms. The highest BCUT2D eigenvalue weighted by molar-refractivity contribution is 5.50. The molecule has 2 aromatic rings. The van der Waals surface area contributed by atoms with Crippen molar-refractivity contribution in [3.63, 3.8) is 0 Å². The monoisotopic (exact) mass is 404 g/mol. The summed E-state index contributed by atoms with van der Waals surface area (Å²) >= 11 is 0. The molecular formula is C22H28O7. The van der Waals surface area contributed by atoms with Crippen LogP contribution < -0.4 is 9.47 Å². The molecule has 0 spiro atoms. The van der Waals surface area contributed by atoms with Crippen molar-refractivity contribution in [3.8, 4) is 11.5 Å². The predicted molar refractivity (Wildman–Crippen MR) is 106 cm³/mol. The lowest BCUT2D eigenvalue weighted by Gasteiger charge is -2.40. The van der Waals surface area contributed by atoms with E-state index in [-0.39, 0.29) is 0 Å². The third-order valence-electron chi connectivity index (χ3n) is 5.31. The largest absolute Gasteiger partial charge is 0.496 e. The van der Waals surface area contributed by atoms with Gasteiger partial charge in [0.15, 0.2) is 0 Å². The van der Waals surface area contributed by atoms with Crippen molar-refractivity contribution in [1.29, 1.82) is 0 Å². The fourth-order valence-corrected chi connectivity index (χ4v) is 3.75. The van der Waals surface area contributed by atoms with E-state index in [0.717, 1.165) is 16.7 Å². The maximum atomic E-state index is 10.5. The highest BCUT2D eigenvalue weighted by atomic mass is 16.5. The summed E-state index contributed by atoms with van der Waals surface area (Å²) in [6, 6.07) is 11.6. The number of ether oxygens (including phenoxy) is 3. The number of benzene rings is 2. The number of methoxy groups -OCH3 is 2. The summed E-state index contributed by atoms with van der Waals surface area (Å²) < 4.78 is 16.7. The zero-order valence-corrected chi connectivity index (χ0v) is 16.8. The van der Waals surface area contributed by atoms with Crippen LogP contribution in [0.2, 0.25) is 0 Å². The van der Waals surface area contributed by atoms with Gasteiger partial charge in [0, 0.05) is 18.1 Å². The molecule has 4 N–H and O–H groups in total. The molecule has 1 aliphatic heterocycles. The topological polar surface area (TPSA) is 109 Å². The number of aliphatic hydroxyl groups is 4. The molecule has 0 amide bonds. The zero-order chi connectivity index (χ0) is 21.1. The van der Waals surface area contributed by atoms with Gasteiger partial charge < -0.3 is 34.6 Å². The Bertz CT molecular complexity index is 836. The lowest BCUT2D eigenvalue weighted by atomic mass is 9.89. The average molecular weight is 404 g/mol. The van der Waals surface area contributed by atoms with Gasteiger partial charge in [0.2, 0.25) is 0 Å². The minimum atomic E-state index is -1.46. The summed E-state index contributed by atoms with van der Waals surface area (Å²) in [5.74, 6) is 1.04. The first kappa shape index (κ1) is 21.5. The summed E-state index contributed by atoms with van der Waals surface area (Å²) in [6.45, 7) is 1.53. The summed E-state index contributed by atoms with van der Waals surface area (Å²) in [5.41, 5.74) is 3.59. The fraction of sp³-hybridized carbons (Fsp3) is 0.455. The summed E-state index contributed by atoms with van der Waals surface area (Å²) in [6.07, 6.45) is -5.66. The van der Waals surface area contributed by atoms with Gasteiger partial charge in [-0.3, -0.25) is 0 Å². The summed E-state index contributed by atoms with van der Waals surface area (Å²) in [4.78, 5) is 0. The Morgan fingerprint density at radius 3 is 2.28 bits per heavy atom. The van der Waals surface area contributed by atoms with Crippen molar-refractivity contribution in [2.45, 2.75) is 43.9 Å². The SMILES string of the molecule is COc1cc(OC)c(C2OC(CO)C(O)C(O)C2O)cc1Cc1cccc(C)c1. The molecule has 7 nitrogen and oxygen atoms in total. The highest BCUT2D eigenvalue weighted by Crippen LogP contribution is 2.40. The highest BCUT2D eigenvalue weighted by Gasteiger charge is 2.45. The number of hydrogen-bond acceptors (Lipinski definition) is 7. The molecule has 0 aliphatic carbocycles. The van der Waals surface area contributed by atoms with Gasteiger partial charge in [-0.2, -0.15) is 0 Å². The van der Waals surface area contributed by atoms with E-state index in [1.54, 1.807) is 13.2 Å². The van der Waals surface area contributed by atoms with Gasteiger partial charge in [0.05, 0.1) is 20.8 Å². The van der Waals surface area contributed by atoms with E-state index in [1.165, 1.54) is 7.11 Å². The van der Waals surface area contributed by atoms with Crippen molar-refractivity contribution in [1.82, 2.24) is 0 Å². The fourth-order valence-electron chi connectivity index (χ4n) is 3.75. The van der Waals surface area contributed by atoms with Gasteiger partial charge in [-0.15, -0.1) is 0 Å². The van der Waals surface area contributed by atoms with Gasteiger partial charge >= 0.3 is 0 Å². The smallest absolute Gasteiger partial charge is 0.128 e. The molecule has 1 fully saturated rings. The number of aliphatic hydroxyl groups excluding tert-OH is 4. The maximum absolute atomic E-state index is 10.5. The minimum absolute atomic E-state index is 0.416. The lowest BCUT2D eigenvalue weighted by Crippen LogP contribution is -2.55. The van der Waals surface area contributed by atoms with Crippen LogP contribution in [0.5, 0.6) is 11.5 Å². The molecule has 3 rings (SSSR count). The van der Waals surface area contributed by atoms with E-state index in [1.807, 2.05) is 31.2 Å². The first-order chi connectivity index (χ1) is 13.9. The summed E-state index contributed by atoms with van der Waals surface area (Å²) in [7, 11) is 3.06. The van der Waals surface area contributed by atoms with Crippen molar-refractivity contribution in [2.24, 2.45) is 0 Å². The quantitative estimate of drug-likeness (QED) is 0.571. The van der Waals surface area contributed by atoms with Crippen LogP contribution in [0.3, 0.4) is 0 Å². The van der Waals surface area contributed by atoms with Crippen LogP contribution in [-0.2, 0) is 11.2 Å². The molecule has 5 unspecified atom stereocenters. The molecule has 0 aromatic heterocycles. The van der Waals surface area contributed by atoms with Crippen LogP contribution in [0.25, 0.3) is 0 Å². The average Bonchev–Trinajstić information content (AvgIpc) is 2.72. The van der Waals surface area contributed by atoms with E-state index in [0.29, 0.717) is 23.5 Å². The molecule has 0 bridgehead atoms. The molecule has 158 valence electrons. The minimum Gasteiger partial charge on any atom is -0.496 e. The normalized spacial score (nSPS) is 26.9. The third kappa shape index (κ3) is 4.39. The Labute approximate surface area is 170 Å². The molecule has 1 aliphatic rings. The third-order valence-corrected chi connectivity index (χ3v) is 5.31. The molecule has 1 heterocycles. The van der Waals surface area contributed by atoms with Gasteiger partial charge in [-0.1, -0.05) is 29.8 Å². The van der Waals surface area contributed by atoms with Gasteiger partial charge in [-0.05, 0) is 24.1 Å². The van der Waals surface area contributed by atoms with Crippen LogP contribution in [0.4, 0.5) is 0 Å². The van der Waals surface area contributed by atoms with Gasteiger partial charge in [0.25, 0.3) is 0 Å². The zero-order valence-electron chi connectivity index (χ0n) is 16.8. The van der Waals surface area contributed by atoms with Crippen LogP contribution in [-0.4, -0.2) is 65.7 Å².